The fourth-order valence-electron chi connectivity index (χ4n) is 3.66. The van der Waals surface area contributed by atoms with E-state index in [1.807, 2.05) is 24.3 Å². The van der Waals surface area contributed by atoms with Gasteiger partial charge >= 0.3 is 11.9 Å². The number of aliphatic carboxylic acids is 2. The van der Waals surface area contributed by atoms with Crippen molar-refractivity contribution in [2.75, 3.05) is 13.7 Å². The molecule has 2 N–H and O–H groups in total. The third-order valence-corrected chi connectivity index (χ3v) is 5.69. The largest absolute Gasteiger partial charge is 0.481 e. The number of carboxylic acids is 2. The molecule has 0 fully saturated rings. The third kappa shape index (κ3) is 8.58. The van der Waals surface area contributed by atoms with Crippen LogP contribution >= 0.6 is 0 Å². The zero-order valence-electron chi connectivity index (χ0n) is 19.9. The quantitative estimate of drug-likeness (QED) is 0.388. The second kappa shape index (κ2) is 13.3. The SMILES string of the molecule is C[C@H](CC(=O)CCc1ccc(-n2cc(CCCF)nn2)cc1)C(=O)N(C)C(CCC(=O)O)C(=O)O. The fourth-order valence-corrected chi connectivity index (χ4v) is 3.66. The number of halogens is 1. The predicted molar refractivity (Wildman–Crippen MR) is 124 cm³/mol. The summed E-state index contributed by atoms with van der Waals surface area (Å²) in [7, 11) is 1.31. The molecule has 11 heteroatoms. The summed E-state index contributed by atoms with van der Waals surface area (Å²) in [6.07, 6.45) is 2.75. The second-order valence-electron chi connectivity index (χ2n) is 8.49. The molecule has 0 aliphatic rings. The highest BCUT2D eigenvalue weighted by atomic mass is 19.1. The second-order valence-corrected chi connectivity index (χ2v) is 8.49. The lowest BCUT2D eigenvalue weighted by molar-refractivity contribution is -0.151. The van der Waals surface area contributed by atoms with Crippen LogP contribution in [0.25, 0.3) is 5.69 Å². The Morgan fingerprint density at radius 1 is 1.09 bits per heavy atom. The molecule has 0 aliphatic heterocycles. The van der Waals surface area contributed by atoms with Gasteiger partial charge in [-0.3, -0.25) is 18.8 Å². The molecule has 0 saturated heterocycles. The molecule has 2 atom stereocenters. The maximum absolute atomic E-state index is 12.6. The Kier molecular flexibility index (Phi) is 10.5. The highest BCUT2D eigenvalue weighted by Gasteiger charge is 2.30. The van der Waals surface area contributed by atoms with Crippen LogP contribution < -0.4 is 0 Å². The van der Waals surface area contributed by atoms with Crippen molar-refractivity contribution >= 4 is 23.6 Å². The Morgan fingerprint density at radius 3 is 2.37 bits per heavy atom. The van der Waals surface area contributed by atoms with E-state index in [9.17, 15) is 28.7 Å². The average Bonchev–Trinajstić information content (AvgIpc) is 3.29. The molecule has 35 heavy (non-hydrogen) atoms. The predicted octanol–water partition coefficient (Wildman–Crippen LogP) is 2.47. The first-order valence-electron chi connectivity index (χ1n) is 11.4. The molecule has 190 valence electrons. The first-order chi connectivity index (χ1) is 16.6. The smallest absolute Gasteiger partial charge is 0.326 e. The lowest BCUT2D eigenvalue weighted by atomic mass is 9.97. The number of aromatic nitrogens is 3. The molecule has 1 heterocycles. The van der Waals surface area contributed by atoms with Crippen molar-refractivity contribution in [2.45, 2.75) is 57.9 Å². The van der Waals surface area contributed by atoms with Crippen molar-refractivity contribution in [1.82, 2.24) is 19.9 Å². The van der Waals surface area contributed by atoms with Crippen molar-refractivity contribution in [3.8, 4) is 5.69 Å². The molecule has 10 nitrogen and oxygen atoms in total. The number of hydrogen-bond acceptors (Lipinski definition) is 6. The van der Waals surface area contributed by atoms with Crippen LogP contribution in [-0.4, -0.2) is 73.5 Å². The van der Waals surface area contributed by atoms with E-state index in [1.165, 1.54) is 7.05 Å². The van der Waals surface area contributed by atoms with Gasteiger partial charge in [-0.2, -0.15) is 0 Å². The first kappa shape index (κ1) is 27.6. The zero-order chi connectivity index (χ0) is 26.0. The summed E-state index contributed by atoms with van der Waals surface area (Å²) in [4.78, 5) is 48.2. The molecule has 0 radical (unpaired) electrons. The van der Waals surface area contributed by atoms with Gasteiger partial charge in [-0.15, -0.1) is 5.10 Å². The lowest BCUT2D eigenvalue weighted by Crippen LogP contribution is -2.45. The summed E-state index contributed by atoms with van der Waals surface area (Å²) in [5, 5.41) is 26.2. The summed E-state index contributed by atoms with van der Waals surface area (Å²) < 4.78 is 13.9. The molecule has 0 spiro atoms. The van der Waals surface area contributed by atoms with E-state index in [0.29, 0.717) is 25.0 Å². The molecule has 1 amide bonds. The topological polar surface area (TPSA) is 143 Å². The highest BCUT2D eigenvalue weighted by molar-refractivity contribution is 5.89. The Balaban J connectivity index is 1.86. The summed E-state index contributed by atoms with van der Waals surface area (Å²) in [5.41, 5.74) is 2.43. The number of rotatable bonds is 15. The molecule has 1 aromatic heterocycles. The van der Waals surface area contributed by atoms with Gasteiger partial charge in [0, 0.05) is 32.2 Å². The Hall–Kier alpha value is -3.63. The normalized spacial score (nSPS) is 12.7. The van der Waals surface area contributed by atoms with Gasteiger partial charge < -0.3 is 15.1 Å². The zero-order valence-corrected chi connectivity index (χ0v) is 19.9. The summed E-state index contributed by atoms with van der Waals surface area (Å²) >= 11 is 0. The maximum atomic E-state index is 12.6. The van der Waals surface area contributed by atoms with Gasteiger partial charge in [0.2, 0.25) is 5.91 Å². The number of ketones is 1. The summed E-state index contributed by atoms with van der Waals surface area (Å²) in [6.45, 7) is 1.15. The number of alkyl halides is 1. The number of amides is 1. The minimum Gasteiger partial charge on any atom is -0.481 e. The highest BCUT2D eigenvalue weighted by Crippen LogP contribution is 2.16. The number of carboxylic acid groups (broad SMARTS) is 2. The van der Waals surface area contributed by atoms with Gasteiger partial charge in [0.05, 0.1) is 24.3 Å². The van der Waals surface area contributed by atoms with Gasteiger partial charge in [0.15, 0.2) is 0 Å². The van der Waals surface area contributed by atoms with E-state index in [4.69, 9.17) is 5.11 Å². The van der Waals surface area contributed by atoms with E-state index in [1.54, 1.807) is 17.8 Å². The van der Waals surface area contributed by atoms with Crippen LogP contribution in [0.1, 0.15) is 50.3 Å². The summed E-state index contributed by atoms with van der Waals surface area (Å²) in [6, 6.07) is 6.16. The number of nitrogens with zero attached hydrogens (tertiary/aromatic N) is 4. The van der Waals surface area contributed by atoms with E-state index in [2.05, 4.69) is 10.3 Å². The van der Waals surface area contributed by atoms with Gasteiger partial charge in [-0.05, 0) is 43.4 Å². The summed E-state index contributed by atoms with van der Waals surface area (Å²) in [5.74, 6) is -3.80. The molecule has 1 aromatic carbocycles. The average molecular weight is 491 g/mol. The number of likely N-dealkylation sites (N-methyl/N-ethyl adjacent to an activating group) is 1. The van der Waals surface area contributed by atoms with Crippen LogP contribution in [0, 0.1) is 5.92 Å². The van der Waals surface area contributed by atoms with Gasteiger partial charge in [0.25, 0.3) is 0 Å². The number of Topliss-reactive ketones (excluding diaryl/α,β-unsaturated/α-hetero) is 1. The maximum Gasteiger partial charge on any atom is 0.326 e. The van der Waals surface area contributed by atoms with Gasteiger partial charge in [-0.1, -0.05) is 24.3 Å². The number of aryl methyl sites for hydroxylation is 2. The van der Waals surface area contributed by atoms with Crippen LogP contribution in [0.3, 0.4) is 0 Å². The van der Waals surface area contributed by atoms with E-state index in [0.717, 1.165) is 16.2 Å². The van der Waals surface area contributed by atoms with E-state index < -0.39 is 36.5 Å². The van der Waals surface area contributed by atoms with Crippen LogP contribution in [0.2, 0.25) is 0 Å². The van der Waals surface area contributed by atoms with Crippen molar-refractivity contribution in [2.24, 2.45) is 5.92 Å². The van der Waals surface area contributed by atoms with Crippen LogP contribution in [-0.2, 0) is 32.0 Å². The fraction of sp³-hybridized carbons (Fsp3) is 0.500. The molecular formula is C24H31FN4O6. The minimum atomic E-state index is -1.29. The van der Waals surface area contributed by atoms with Crippen LogP contribution in [0.15, 0.2) is 30.5 Å². The Bertz CT molecular complexity index is 1020. The molecule has 2 rings (SSSR count). The number of carbonyl (C=O) groups is 4. The molecule has 1 unspecified atom stereocenters. The lowest BCUT2D eigenvalue weighted by Gasteiger charge is -2.27. The number of carbonyl (C=O) groups excluding carboxylic acids is 2. The van der Waals surface area contributed by atoms with Gasteiger partial charge in [-0.25, -0.2) is 9.48 Å². The molecular weight excluding hydrogens is 459 g/mol. The number of hydrogen-bond donors (Lipinski definition) is 2. The molecule has 0 aliphatic carbocycles. The Morgan fingerprint density at radius 2 is 1.77 bits per heavy atom. The molecule has 2 aromatic rings. The van der Waals surface area contributed by atoms with Crippen molar-refractivity contribution < 1.29 is 33.8 Å². The number of benzene rings is 1. The van der Waals surface area contributed by atoms with Gasteiger partial charge in [0.1, 0.15) is 11.8 Å². The van der Waals surface area contributed by atoms with Crippen LogP contribution in [0.4, 0.5) is 4.39 Å². The molecule has 0 saturated carbocycles. The first-order valence-corrected chi connectivity index (χ1v) is 11.4. The standard InChI is InChI=1S/C24H31FN4O6/c1-16(23(33)28(2)21(24(34)35)11-12-22(31)32)14-20(30)10-7-17-5-8-19(9-6-17)29-15-18(26-27-29)4-3-13-25/h5-6,8-9,15-16,21H,3-4,7,10-14H2,1-2H3,(H,31,32)(H,34,35)/t16-,21?/m1/s1. The molecule has 0 bridgehead atoms. The van der Waals surface area contributed by atoms with Crippen molar-refractivity contribution in [3.63, 3.8) is 0 Å². The monoisotopic (exact) mass is 490 g/mol. The Labute approximate surface area is 202 Å². The minimum absolute atomic E-state index is 0.0346. The van der Waals surface area contributed by atoms with E-state index in [-0.39, 0.29) is 31.5 Å². The van der Waals surface area contributed by atoms with Crippen LogP contribution in [0.5, 0.6) is 0 Å². The van der Waals surface area contributed by atoms with E-state index >= 15 is 0 Å². The van der Waals surface area contributed by atoms with Crippen molar-refractivity contribution in [3.05, 3.63) is 41.7 Å². The third-order valence-electron chi connectivity index (χ3n) is 5.69. The van der Waals surface area contributed by atoms with Crippen molar-refractivity contribution in [1.29, 1.82) is 0 Å².